The van der Waals surface area contributed by atoms with Crippen molar-refractivity contribution in [3.8, 4) is 5.75 Å². The van der Waals surface area contributed by atoms with Crippen LogP contribution in [-0.2, 0) is 13.1 Å². The Bertz CT molecular complexity index is 964. The number of phenols is 1. The van der Waals surface area contributed by atoms with E-state index in [0.29, 0.717) is 18.8 Å². The predicted octanol–water partition coefficient (Wildman–Crippen LogP) is 7.45. The third-order valence-corrected chi connectivity index (χ3v) is 6.40. The normalized spacial score (nSPS) is 14.1. The Morgan fingerprint density at radius 3 is 1.32 bits per heavy atom. The molecule has 3 N–H and O–H groups in total. The van der Waals surface area contributed by atoms with Gasteiger partial charge in [-0.05, 0) is 28.9 Å². The van der Waals surface area contributed by atoms with Crippen molar-refractivity contribution < 1.29 is 5.11 Å². The van der Waals surface area contributed by atoms with Gasteiger partial charge in [-0.2, -0.15) is 0 Å². The van der Waals surface area contributed by atoms with Crippen LogP contribution < -0.4 is 10.6 Å². The van der Waals surface area contributed by atoms with Gasteiger partial charge in [0, 0.05) is 36.3 Å². The molecule has 3 aromatic carbocycles. The minimum Gasteiger partial charge on any atom is -0.507 e. The van der Waals surface area contributed by atoms with Gasteiger partial charge in [0.25, 0.3) is 0 Å². The number of hydrogen-bond acceptors (Lipinski definition) is 3. The Morgan fingerprint density at radius 1 is 0.647 bits per heavy atom. The summed E-state index contributed by atoms with van der Waals surface area (Å²) in [6, 6.07) is 25.7. The molecule has 0 bridgehead atoms. The number of phenolic OH excluding ortho intramolecular Hbond substituents is 1. The maximum absolute atomic E-state index is 11.2. The second-order valence-corrected chi connectivity index (χ2v) is 11.6. The Kier molecular flexibility index (Phi) is 8.22. The molecule has 0 saturated carbocycles. The Morgan fingerprint density at radius 2 is 1.00 bits per heavy atom. The molecule has 3 rings (SSSR count). The summed E-state index contributed by atoms with van der Waals surface area (Å²) in [4.78, 5) is 0. The van der Waals surface area contributed by atoms with E-state index in [9.17, 15) is 5.11 Å². The minimum atomic E-state index is 0.0425. The van der Waals surface area contributed by atoms with Gasteiger partial charge in [0.1, 0.15) is 5.75 Å². The van der Waals surface area contributed by atoms with E-state index in [2.05, 4.69) is 132 Å². The van der Waals surface area contributed by atoms with Crippen LogP contribution in [0.3, 0.4) is 0 Å². The van der Waals surface area contributed by atoms with Crippen LogP contribution in [0.2, 0.25) is 0 Å². The highest BCUT2D eigenvalue weighted by atomic mass is 16.3. The van der Waals surface area contributed by atoms with Crippen LogP contribution in [-0.4, -0.2) is 5.11 Å². The fourth-order valence-electron chi connectivity index (χ4n) is 4.77. The molecule has 0 radical (unpaired) electrons. The van der Waals surface area contributed by atoms with Gasteiger partial charge in [-0.3, -0.25) is 0 Å². The maximum atomic E-state index is 11.2. The molecule has 0 spiro atoms. The second-order valence-electron chi connectivity index (χ2n) is 11.6. The molecule has 0 aliphatic carbocycles. The van der Waals surface area contributed by atoms with Crippen LogP contribution in [0, 0.1) is 17.8 Å². The smallest absolute Gasteiger partial charge is 0.124 e. The van der Waals surface area contributed by atoms with E-state index in [-0.39, 0.29) is 22.9 Å². The highest BCUT2D eigenvalue weighted by Crippen LogP contribution is 2.35. The molecule has 34 heavy (non-hydrogen) atoms. The molecule has 0 saturated heterocycles. The highest BCUT2D eigenvalue weighted by Gasteiger charge is 2.27. The average Bonchev–Trinajstić information content (AvgIpc) is 2.76. The number of aromatic hydroxyl groups is 1. The fourth-order valence-corrected chi connectivity index (χ4v) is 4.77. The van der Waals surface area contributed by atoms with Crippen molar-refractivity contribution in [2.45, 2.75) is 73.6 Å². The number of rotatable bonds is 8. The van der Waals surface area contributed by atoms with E-state index in [1.807, 2.05) is 0 Å². The topological polar surface area (TPSA) is 44.3 Å². The molecule has 182 valence electrons. The molecular formula is C31H42N2O. The quantitative estimate of drug-likeness (QED) is 0.328. The number of hydrogen-bond donors (Lipinski definition) is 3. The Hall–Kier alpha value is -2.62. The standard InChI is InChI=1S/C31H42N2O/c1-22-18-25(20-32-28(30(2,3)4)23-14-10-8-11-15-23)27(34)26(19-22)21-33-29(31(5,6)7)24-16-12-9-13-17-24/h8-19,28-29,32-34H,20-21H2,1-7H3/t28-,29+. The molecule has 0 heterocycles. The van der Waals surface area contributed by atoms with E-state index in [4.69, 9.17) is 0 Å². The second kappa shape index (κ2) is 10.8. The fraction of sp³-hybridized carbons (Fsp3) is 0.419. The zero-order valence-corrected chi connectivity index (χ0v) is 21.9. The van der Waals surface area contributed by atoms with Gasteiger partial charge >= 0.3 is 0 Å². The van der Waals surface area contributed by atoms with Crippen LogP contribution in [0.5, 0.6) is 5.75 Å². The molecule has 0 amide bonds. The van der Waals surface area contributed by atoms with Crippen LogP contribution in [0.25, 0.3) is 0 Å². The van der Waals surface area contributed by atoms with Crippen LogP contribution in [0.4, 0.5) is 0 Å². The number of aryl methyl sites for hydroxylation is 1. The molecule has 3 heteroatoms. The first-order chi connectivity index (χ1) is 16.0. The lowest BCUT2D eigenvalue weighted by atomic mass is 9.82. The van der Waals surface area contributed by atoms with Crippen molar-refractivity contribution in [3.05, 3.63) is 101 Å². The molecule has 0 fully saturated rings. The van der Waals surface area contributed by atoms with Crippen molar-refractivity contribution in [3.63, 3.8) is 0 Å². The predicted molar refractivity (Wildman–Crippen MR) is 144 cm³/mol. The Labute approximate surface area is 206 Å². The SMILES string of the molecule is Cc1cc(CN[C@H](c2ccccc2)C(C)(C)C)c(O)c(CN[C@@H](c2ccccc2)C(C)(C)C)c1. The lowest BCUT2D eigenvalue weighted by Crippen LogP contribution is -2.32. The molecule has 3 aromatic rings. The Balaban J connectivity index is 1.80. The first-order valence-corrected chi connectivity index (χ1v) is 12.3. The number of nitrogens with one attached hydrogen (secondary N) is 2. The molecular weight excluding hydrogens is 416 g/mol. The van der Waals surface area contributed by atoms with Gasteiger partial charge in [0.05, 0.1) is 0 Å². The third-order valence-electron chi connectivity index (χ3n) is 6.40. The van der Waals surface area contributed by atoms with Crippen molar-refractivity contribution in [2.24, 2.45) is 10.8 Å². The first kappa shape index (κ1) is 26.0. The summed E-state index contributed by atoms with van der Waals surface area (Å²) >= 11 is 0. The highest BCUT2D eigenvalue weighted by molar-refractivity contribution is 5.44. The molecule has 2 atom stereocenters. The van der Waals surface area contributed by atoms with E-state index >= 15 is 0 Å². The van der Waals surface area contributed by atoms with Gasteiger partial charge in [-0.15, -0.1) is 0 Å². The van der Waals surface area contributed by atoms with E-state index in [0.717, 1.165) is 16.7 Å². The van der Waals surface area contributed by atoms with Crippen LogP contribution in [0.15, 0.2) is 72.8 Å². The van der Waals surface area contributed by atoms with Gasteiger partial charge in [0.2, 0.25) is 0 Å². The average molecular weight is 459 g/mol. The lowest BCUT2D eigenvalue weighted by molar-refractivity contribution is 0.268. The van der Waals surface area contributed by atoms with Gasteiger partial charge in [-0.1, -0.05) is 120 Å². The van der Waals surface area contributed by atoms with E-state index in [1.54, 1.807) is 0 Å². The molecule has 0 unspecified atom stereocenters. The van der Waals surface area contributed by atoms with Crippen molar-refractivity contribution in [2.75, 3.05) is 0 Å². The summed E-state index contributed by atoms with van der Waals surface area (Å²) in [6.07, 6.45) is 0. The van der Waals surface area contributed by atoms with Crippen LogP contribution >= 0.6 is 0 Å². The molecule has 0 aliphatic heterocycles. The summed E-state index contributed by atoms with van der Waals surface area (Å²) in [6.45, 7) is 16.8. The largest absolute Gasteiger partial charge is 0.507 e. The van der Waals surface area contributed by atoms with E-state index in [1.165, 1.54) is 11.1 Å². The summed E-state index contributed by atoms with van der Waals surface area (Å²) in [5, 5.41) is 18.7. The summed E-state index contributed by atoms with van der Waals surface area (Å²) in [5.41, 5.74) is 5.65. The third kappa shape index (κ3) is 6.71. The van der Waals surface area contributed by atoms with Crippen LogP contribution in [0.1, 0.15) is 81.4 Å². The molecule has 3 nitrogen and oxygen atoms in total. The first-order valence-electron chi connectivity index (χ1n) is 12.3. The van der Waals surface area contributed by atoms with Crippen molar-refractivity contribution in [1.29, 1.82) is 0 Å². The molecule has 0 aromatic heterocycles. The summed E-state index contributed by atoms with van der Waals surface area (Å²) < 4.78 is 0. The maximum Gasteiger partial charge on any atom is 0.124 e. The lowest BCUT2D eigenvalue weighted by Gasteiger charge is -2.33. The summed E-state index contributed by atoms with van der Waals surface area (Å²) in [5.74, 6) is 0.382. The summed E-state index contributed by atoms with van der Waals surface area (Å²) in [7, 11) is 0. The van der Waals surface area contributed by atoms with Gasteiger partial charge in [-0.25, -0.2) is 0 Å². The molecule has 0 aliphatic rings. The number of benzene rings is 3. The van der Waals surface area contributed by atoms with Crippen molar-refractivity contribution >= 4 is 0 Å². The van der Waals surface area contributed by atoms with E-state index < -0.39 is 0 Å². The minimum absolute atomic E-state index is 0.0425. The van der Waals surface area contributed by atoms with Gasteiger partial charge in [0.15, 0.2) is 0 Å². The van der Waals surface area contributed by atoms with Gasteiger partial charge < -0.3 is 15.7 Å². The zero-order valence-electron chi connectivity index (χ0n) is 21.9. The zero-order chi connectivity index (χ0) is 24.9. The monoisotopic (exact) mass is 458 g/mol. The van der Waals surface area contributed by atoms with Crippen molar-refractivity contribution in [1.82, 2.24) is 10.6 Å².